The summed E-state index contributed by atoms with van der Waals surface area (Å²) in [5.41, 5.74) is 8.23. The van der Waals surface area contributed by atoms with E-state index >= 15 is 0 Å². The van der Waals surface area contributed by atoms with Crippen LogP contribution in [-0.4, -0.2) is 18.0 Å². The van der Waals surface area contributed by atoms with E-state index in [-0.39, 0.29) is 30.3 Å². The van der Waals surface area contributed by atoms with Gasteiger partial charge in [0.15, 0.2) is 11.6 Å². The number of halogens is 3. The number of hydrogen-bond donors (Lipinski definition) is 2. The lowest BCUT2D eigenvalue weighted by molar-refractivity contribution is 0.0955. The maximum atomic E-state index is 14.0. The Morgan fingerprint density at radius 2 is 2.00 bits per heavy atom. The van der Waals surface area contributed by atoms with Gasteiger partial charge in [0.25, 0.3) is 5.91 Å². The molecule has 3 rings (SSSR count). The number of aromatic nitrogens is 1. The Labute approximate surface area is 165 Å². The van der Waals surface area contributed by atoms with Crippen LogP contribution in [0.5, 0.6) is 5.75 Å². The van der Waals surface area contributed by atoms with E-state index in [1.807, 2.05) is 19.9 Å². The number of fused-ring (bicyclic) bond motifs is 1. The minimum Gasteiger partial charge on any atom is -0.494 e. The minimum absolute atomic E-state index is 0. The standard InChI is InChI=1S/C18H17F2N3O2S.ClH/c1-8-6-9(2)23-18-12(8)15(21)16(26-18)17(24)22-7-10-4-5-11(25-3)14(20)13(10)19;/h4-6H,7,21H2,1-3H3,(H,22,24);1H. The molecule has 3 aromatic rings. The zero-order valence-electron chi connectivity index (χ0n) is 14.9. The van der Waals surface area contributed by atoms with Gasteiger partial charge in [0.05, 0.1) is 12.8 Å². The average Bonchev–Trinajstić information content (AvgIpc) is 2.92. The van der Waals surface area contributed by atoms with Gasteiger partial charge in [-0.25, -0.2) is 9.37 Å². The zero-order chi connectivity index (χ0) is 19.0. The van der Waals surface area contributed by atoms with Crippen molar-refractivity contribution in [2.24, 2.45) is 0 Å². The number of rotatable bonds is 4. The van der Waals surface area contributed by atoms with E-state index in [0.29, 0.717) is 15.4 Å². The third-order valence-electron chi connectivity index (χ3n) is 4.02. The first kappa shape index (κ1) is 20.9. The van der Waals surface area contributed by atoms with Gasteiger partial charge in [0.2, 0.25) is 5.82 Å². The Morgan fingerprint density at radius 1 is 1.30 bits per heavy atom. The SMILES string of the molecule is COc1ccc(CNC(=O)c2sc3nc(C)cc(C)c3c2N)c(F)c1F.Cl. The van der Waals surface area contributed by atoms with Crippen molar-refractivity contribution in [3.05, 3.63) is 51.5 Å². The molecule has 0 aliphatic heterocycles. The van der Waals surface area contributed by atoms with Crippen molar-refractivity contribution in [1.82, 2.24) is 10.3 Å². The topological polar surface area (TPSA) is 77.2 Å². The molecule has 144 valence electrons. The fourth-order valence-electron chi connectivity index (χ4n) is 2.76. The van der Waals surface area contributed by atoms with Crippen LogP contribution in [0.3, 0.4) is 0 Å². The van der Waals surface area contributed by atoms with Gasteiger partial charge < -0.3 is 15.8 Å². The van der Waals surface area contributed by atoms with E-state index in [0.717, 1.165) is 16.6 Å². The van der Waals surface area contributed by atoms with Gasteiger partial charge in [-0.1, -0.05) is 6.07 Å². The molecule has 0 aliphatic carbocycles. The number of amides is 1. The molecule has 0 radical (unpaired) electrons. The van der Waals surface area contributed by atoms with Crippen LogP contribution in [0, 0.1) is 25.5 Å². The quantitative estimate of drug-likeness (QED) is 0.674. The molecular weight excluding hydrogens is 396 g/mol. The fraction of sp³-hybridized carbons (Fsp3) is 0.222. The summed E-state index contributed by atoms with van der Waals surface area (Å²) in [4.78, 5) is 17.8. The van der Waals surface area contributed by atoms with Crippen LogP contribution in [0.1, 0.15) is 26.5 Å². The van der Waals surface area contributed by atoms with Crippen molar-refractivity contribution < 1.29 is 18.3 Å². The van der Waals surface area contributed by atoms with Crippen LogP contribution in [0.15, 0.2) is 18.2 Å². The van der Waals surface area contributed by atoms with E-state index in [1.54, 1.807) is 0 Å². The van der Waals surface area contributed by atoms with Crippen molar-refractivity contribution >= 4 is 45.6 Å². The van der Waals surface area contributed by atoms with Crippen molar-refractivity contribution in [3.63, 3.8) is 0 Å². The smallest absolute Gasteiger partial charge is 0.263 e. The van der Waals surface area contributed by atoms with Gasteiger partial charge in [0.1, 0.15) is 9.71 Å². The molecule has 3 N–H and O–H groups in total. The summed E-state index contributed by atoms with van der Waals surface area (Å²) < 4.78 is 32.5. The van der Waals surface area contributed by atoms with Crippen LogP contribution in [0.4, 0.5) is 14.5 Å². The van der Waals surface area contributed by atoms with E-state index in [2.05, 4.69) is 10.3 Å². The first-order chi connectivity index (χ1) is 12.3. The van der Waals surface area contributed by atoms with Crippen LogP contribution >= 0.6 is 23.7 Å². The summed E-state index contributed by atoms with van der Waals surface area (Å²) >= 11 is 1.17. The second-order valence-electron chi connectivity index (χ2n) is 5.84. The second-order valence-corrected chi connectivity index (χ2v) is 6.84. The number of methoxy groups -OCH3 is 1. The lowest BCUT2D eigenvalue weighted by atomic mass is 10.1. The van der Waals surface area contributed by atoms with E-state index < -0.39 is 17.5 Å². The molecule has 0 spiro atoms. The van der Waals surface area contributed by atoms with Gasteiger partial charge in [0, 0.05) is 23.2 Å². The molecule has 2 aromatic heterocycles. The van der Waals surface area contributed by atoms with Crippen molar-refractivity contribution in [2.45, 2.75) is 20.4 Å². The number of aryl methyl sites for hydroxylation is 2. The lowest BCUT2D eigenvalue weighted by Gasteiger charge is -2.09. The molecule has 0 saturated heterocycles. The molecule has 27 heavy (non-hydrogen) atoms. The average molecular weight is 414 g/mol. The second kappa shape index (κ2) is 8.06. The molecule has 9 heteroatoms. The lowest BCUT2D eigenvalue weighted by Crippen LogP contribution is -2.23. The molecule has 0 atom stereocenters. The number of pyridine rings is 1. The van der Waals surface area contributed by atoms with E-state index in [9.17, 15) is 13.6 Å². The number of hydrogen-bond acceptors (Lipinski definition) is 5. The Kier molecular flexibility index (Phi) is 6.22. The molecule has 0 fully saturated rings. The third kappa shape index (κ3) is 3.81. The van der Waals surface area contributed by atoms with Crippen LogP contribution in [0.2, 0.25) is 0 Å². The van der Waals surface area contributed by atoms with E-state index in [4.69, 9.17) is 10.5 Å². The predicted octanol–water partition coefficient (Wildman–Crippen LogP) is 4.13. The predicted molar refractivity (Wildman–Crippen MR) is 105 cm³/mol. The van der Waals surface area contributed by atoms with Crippen molar-refractivity contribution in [2.75, 3.05) is 12.8 Å². The largest absolute Gasteiger partial charge is 0.494 e. The maximum Gasteiger partial charge on any atom is 0.263 e. The first-order valence-electron chi connectivity index (χ1n) is 7.78. The fourth-order valence-corrected chi connectivity index (χ4v) is 3.89. The summed E-state index contributed by atoms with van der Waals surface area (Å²) in [5.74, 6) is -2.79. The number of benzene rings is 1. The molecule has 0 bridgehead atoms. The van der Waals surface area contributed by atoms with Gasteiger partial charge in [-0.05, 0) is 31.5 Å². The molecule has 2 heterocycles. The Morgan fingerprint density at radius 3 is 2.67 bits per heavy atom. The van der Waals surface area contributed by atoms with Gasteiger partial charge in [-0.2, -0.15) is 4.39 Å². The molecule has 1 amide bonds. The van der Waals surface area contributed by atoms with Gasteiger partial charge in [-0.3, -0.25) is 4.79 Å². The molecule has 5 nitrogen and oxygen atoms in total. The van der Waals surface area contributed by atoms with Crippen molar-refractivity contribution in [3.8, 4) is 5.75 Å². The highest BCUT2D eigenvalue weighted by molar-refractivity contribution is 7.21. The molecular formula is C18H18ClF2N3O2S. The zero-order valence-corrected chi connectivity index (χ0v) is 16.5. The van der Waals surface area contributed by atoms with E-state index in [1.165, 1.54) is 30.6 Å². The highest BCUT2D eigenvalue weighted by Gasteiger charge is 2.20. The summed E-state index contributed by atoms with van der Waals surface area (Å²) in [6.45, 7) is 3.59. The minimum atomic E-state index is -1.09. The Balaban J connectivity index is 0.00000261. The van der Waals surface area contributed by atoms with Crippen LogP contribution < -0.4 is 15.8 Å². The molecule has 0 unspecified atom stereocenters. The van der Waals surface area contributed by atoms with Crippen LogP contribution in [0.25, 0.3) is 10.2 Å². The highest BCUT2D eigenvalue weighted by Crippen LogP contribution is 2.35. The number of carbonyl (C=O) groups excluding carboxylic acids is 1. The number of carbonyl (C=O) groups is 1. The third-order valence-corrected chi connectivity index (χ3v) is 5.11. The number of anilines is 1. The molecule has 1 aromatic carbocycles. The number of thiophene rings is 1. The van der Waals surface area contributed by atoms with Gasteiger partial charge in [-0.15, -0.1) is 23.7 Å². The maximum absolute atomic E-state index is 14.0. The number of nitrogens with one attached hydrogen (secondary N) is 1. The highest BCUT2D eigenvalue weighted by atomic mass is 35.5. The molecule has 0 saturated carbocycles. The normalized spacial score (nSPS) is 10.6. The summed E-state index contributed by atoms with van der Waals surface area (Å²) in [7, 11) is 1.25. The van der Waals surface area contributed by atoms with Crippen molar-refractivity contribution in [1.29, 1.82) is 0 Å². The monoisotopic (exact) mass is 413 g/mol. The number of nitrogens with zero attached hydrogens (tertiary/aromatic N) is 1. The van der Waals surface area contributed by atoms with Crippen LogP contribution in [-0.2, 0) is 6.54 Å². The summed E-state index contributed by atoms with van der Waals surface area (Å²) in [5, 5.41) is 3.32. The molecule has 0 aliphatic rings. The Hall–Kier alpha value is -2.45. The Bertz CT molecular complexity index is 1020. The number of nitrogens with two attached hydrogens (primary N) is 1. The number of ether oxygens (including phenoxy) is 1. The first-order valence-corrected chi connectivity index (χ1v) is 8.60. The van der Waals surface area contributed by atoms with Gasteiger partial charge >= 0.3 is 0 Å². The number of nitrogen functional groups attached to an aromatic ring is 1. The summed E-state index contributed by atoms with van der Waals surface area (Å²) in [6, 6.07) is 4.56. The summed E-state index contributed by atoms with van der Waals surface area (Å²) in [6.07, 6.45) is 0.